The molecule has 0 fully saturated rings. The van der Waals surface area contributed by atoms with Crippen molar-refractivity contribution < 1.29 is 19.1 Å². The van der Waals surface area contributed by atoms with Crippen molar-refractivity contribution in [3.8, 4) is 23.0 Å². The second-order valence-corrected chi connectivity index (χ2v) is 6.23. The number of nitrogens with two attached hydrogens (primary N) is 2. The maximum absolute atomic E-state index is 11.3. The van der Waals surface area contributed by atoms with Gasteiger partial charge in [0.2, 0.25) is 11.8 Å². The van der Waals surface area contributed by atoms with Crippen molar-refractivity contribution in [1.29, 1.82) is 0 Å². The van der Waals surface area contributed by atoms with Crippen LogP contribution in [0, 0.1) is 0 Å². The number of rotatable bonds is 8. The highest BCUT2D eigenvalue weighted by Gasteiger charge is 2.04. The fraction of sp³-hybridized carbons (Fsp3) is 0.0909. The fourth-order valence-electron chi connectivity index (χ4n) is 2.51. The van der Waals surface area contributed by atoms with Gasteiger partial charge in [-0.3, -0.25) is 9.59 Å². The fourth-order valence-corrected chi connectivity index (χ4v) is 2.51. The molecule has 0 saturated heterocycles. The molecule has 3 aromatic rings. The number of carbonyl (C=O) groups is 2. The minimum atomic E-state index is -0.261. The lowest BCUT2D eigenvalue weighted by Crippen LogP contribution is -2.21. The predicted octanol–water partition coefficient (Wildman–Crippen LogP) is 3.07. The van der Waals surface area contributed by atoms with Crippen molar-refractivity contribution in [2.24, 2.45) is 11.5 Å². The zero-order valence-electron chi connectivity index (χ0n) is 16.1. The Kier molecular flexibility index (Phi) is 6.99. The van der Waals surface area contributed by atoms with Crippen LogP contribution in [0.5, 0.6) is 23.0 Å². The van der Waals surface area contributed by atoms with E-state index in [0.717, 1.165) is 0 Å². The smallest absolute Gasteiger partial charge is 0.238 e. The lowest BCUT2D eigenvalue weighted by atomic mass is 10.2. The molecule has 0 heterocycles. The number of anilines is 2. The van der Waals surface area contributed by atoms with Gasteiger partial charge in [0.1, 0.15) is 23.0 Å². The zero-order chi connectivity index (χ0) is 21.3. The summed E-state index contributed by atoms with van der Waals surface area (Å²) in [6, 6.07) is 21.1. The van der Waals surface area contributed by atoms with E-state index in [9.17, 15) is 9.59 Å². The van der Waals surface area contributed by atoms with Crippen LogP contribution in [0.25, 0.3) is 0 Å². The molecule has 0 radical (unpaired) electrons. The number of hydrogen-bond donors (Lipinski definition) is 4. The highest BCUT2D eigenvalue weighted by molar-refractivity contribution is 5.92. The Balaban J connectivity index is 1.62. The second-order valence-electron chi connectivity index (χ2n) is 6.23. The first-order chi connectivity index (χ1) is 14.6. The summed E-state index contributed by atoms with van der Waals surface area (Å²) < 4.78 is 11.7. The van der Waals surface area contributed by atoms with Gasteiger partial charge in [-0.2, -0.15) is 0 Å². The van der Waals surface area contributed by atoms with Crippen molar-refractivity contribution in [3.63, 3.8) is 0 Å². The molecule has 0 aliphatic heterocycles. The highest BCUT2D eigenvalue weighted by Crippen LogP contribution is 2.29. The summed E-state index contributed by atoms with van der Waals surface area (Å²) >= 11 is 0. The first-order valence-corrected chi connectivity index (χ1v) is 9.21. The van der Waals surface area contributed by atoms with E-state index in [0.29, 0.717) is 34.4 Å². The maximum atomic E-state index is 11.3. The molecule has 30 heavy (non-hydrogen) atoms. The summed E-state index contributed by atoms with van der Waals surface area (Å²) in [6.07, 6.45) is 0. The van der Waals surface area contributed by atoms with Crippen LogP contribution in [0.4, 0.5) is 11.4 Å². The Morgan fingerprint density at radius 1 is 0.633 bits per heavy atom. The first kappa shape index (κ1) is 20.8. The van der Waals surface area contributed by atoms with Crippen molar-refractivity contribution in [2.45, 2.75) is 0 Å². The van der Waals surface area contributed by atoms with Gasteiger partial charge in [0.25, 0.3) is 0 Å². The molecule has 3 aromatic carbocycles. The summed E-state index contributed by atoms with van der Waals surface area (Å²) in [5.74, 6) is 1.89. The van der Waals surface area contributed by atoms with E-state index in [4.69, 9.17) is 20.9 Å². The molecule has 2 amide bonds. The van der Waals surface area contributed by atoms with Crippen LogP contribution in [0.1, 0.15) is 0 Å². The minimum absolute atomic E-state index is 0.0733. The number of nitrogens with one attached hydrogen (secondary N) is 2. The van der Waals surface area contributed by atoms with Crippen molar-refractivity contribution in [3.05, 3.63) is 72.8 Å². The Labute approximate surface area is 173 Å². The Hall–Kier alpha value is -3.88. The van der Waals surface area contributed by atoms with E-state index in [1.807, 2.05) is 18.2 Å². The van der Waals surface area contributed by atoms with Gasteiger partial charge in [0.05, 0.1) is 13.1 Å². The van der Waals surface area contributed by atoms with Gasteiger partial charge >= 0.3 is 0 Å². The van der Waals surface area contributed by atoms with Crippen LogP contribution in [0.2, 0.25) is 0 Å². The molecule has 0 saturated carbocycles. The van der Waals surface area contributed by atoms with Crippen LogP contribution < -0.4 is 31.6 Å². The predicted molar refractivity (Wildman–Crippen MR) is 115 cm³/mol. The zero-order valence-corrected chi connectivity index (χ0v) is 16.1. The van der Waals surface area contributed by atoms with E-state index >= 15 is 0 Å². The normalized spacial score (nSPS) is 10.2. The molecule has 8 heteroatoms. The van der Waals surface area contributed by atoms with E-state index in [1.165, 1.54) is 0 Å². The van der Waals surface area contributed by atoms with Crippen LogP contribution >= 0.6 is 0 Å². The SMILES string of the molecule is NCC(=O)Nc1ccc(Oc2cccc(Oc3ccc(NC(=O)CN)cc3)c2)cc1. The minimum Gasteiger partial charge on any atom is -0.457 e. The number of carbonyl (C=O) groups excluding carboxylic acids is 2. The quantitative estimate of drug-likeness (QED) is 0.455. The standard InChI is InChI=1S/C22H22N4O4/c23-13-21(27)25-15-4-8-17(9-5-15)29-19-2-1-3-20(12-19)30-18-10-6-16(7-11-18)26-22(28)14-24/h1-12H,13-14,23-24H2,(H,25,27)(H,26,28). The third-order valence-corrected chi connectivity index (χ3v) is 3.92. The molecule has 0 bridgehead atoms. The van der Waals surface area contributed by atoms with Crippen molar-refractivity contribution >= 4 is 23.2 Å². The lowest BCUT2D eigenvalue weighted by molar-refractivity contribution is -0.115. The molecule has 0 atom stereocenters. The third kappa shape index (κ3) is 6.06. The number of amides is 2. The Morgan fingerprint density at radius 2 is 1.03 bits per heavy atom. The number of benzene rings is 3. The van der Waals surface area contributed by atoms with Gasteiger partial charge in [-0.25, -0.2) is 0 Å². The van der Waals surface area contributed by atoms with Gasteiger partial charge in [-0.05, 0) is 60.7 Å². The van der Waals surface area contributed by atoms with Crippen LogP contribution in [0.15, 0.2) is 72.8 Å². The van der Waals surface area contributed by atoms with Gasteiger partial charge < -0.3 is 31.6 Å². The van der Waals surface area contributed by atoms with Crippen molar-refractivity contribution in [1.82, 2.24) is 0 Å². The monoisotopic (exact) mass is 406 g/mol. The first-order valence-electron chi connectivity index (χ1n) is 9.21. The van der Waals surface area contributed by atoms with E-state index in [2.05, 4.69) is 10.6 Å². The topological polar surface area (TPSA) is 129 Å². The largest absolute Gasteiger partial charge is 0.457 e. The summed E-state index contributed by atoms with van der Waals surface area (Å²) in [5.41, 5.74) is 11.8. The summed E-state index contributed by atoms with van der Waals surface area (Å²) in [5, 5.41) is 5.34. The molecule has 0 spiro atoms. The van der Waals surface area contributed by atoms with Gasteiger partial charge in [-0.15, -0.1) is 0 Å². The van der Waals surface area contributed by atoms with E-state index < -0.39 is 0 Å². The van der Waals surface area contributed by atoms with Gasteiger partial charge in [-0.1, -0.05) is 6.07 Å². The molecule has 0 unspecified atom stereocenters. The van der Waals surface area contributed by atoms with E-state index in [-0.39, 0.29) is 24.9 Å². The molecule has 0 aliphatic rings. The summed E-state index contributed by atoms with van der Waals surface area (Å²) in [7, 11) is 0. The Bertz CT molecular complexity index is 926. The van der Waals surface area contributed by atoms with Gasteiger partial charge in [0.15, 0.2) is 0 Å². The molecule has 8 nitrogen and oxygen atoms in total. The molecular weight excluding hydrogens is 384 g/mol. The molecule has 0 aliphatic carbocycles. The molecule has 3 rings (SSSR count). The summed E-state index contributed by atoms with van der Waals surface area (Å²) in [4.78, 5) is 22.6. The highest BCUT2D eigenvalue weighted by atomic mass is 16.5. The van der Waals surface area contributed by atoms with Crippen LogP contribution in [-0.2, 0) is 9.59 Å². The number of ether oxygens (including phenoxy) is 2. The number of hydrogen-bond acceptors (Lipinski definition) is 6. The van der Waals surface area contributed by atoms with E-state index in [1.54, 1.807) is 54.6 Å². The van der Waals surface area contributed by atoms with Crippen LogP contribution in [-0.4, -0.2) is 24.9 Å². The third-order valence-electron chi connectivity index (χ3n) is 3.92. The second kappa shape index (κ2) is 10.1. The van der Waals surface area contributed by atoms with Crippen LogP contribution in [0.3, 0.4) is 0 Å². The average Bonchev–Trinajstić information content (AvgIpc) is 2.76. The van der Waals surface area contributed by atoms with Gasteiger partial charge in [0, 0.05) is 17.4 Å². The van der Waals surface area contributed by atoms with Crippen molar-refractivity contribution in [2.75, 3.05) is 23.7 Å². The molecular formula is C22H22N4O4. The average molecular weight is 406 g/mol. The summed E-state index contributed by atoms with van der Waals surface area (Å²) in [6.45, 7) is -0.147. The molecule has 154 valence electrons. The molecule has 6 N–H and O–H groups in total. The molecule has 0 aromatic heterocycles. The Morgan fingerprint density at radius 3 is 1.40 bits per heavy atom. The maximum Gasteiger partial charge on any atom is 0.238 e. The lowest BCUT2D eigenvalue weighted by Gasteiger charge is -2.10.